The molecule has 0 aliphatic carbocycles. The second-order valence-electron chi connectivity index (χ2n) is 5.21. The second kappa shape index (κ2) is 10.3. The Morgan fingerprint density at radius 2 is 2.14 bits per heavy atom. The lowest BCUT2D eigenvalue weighted by Crippen LogP contribution is -2.06. The minimum Gasteiger partial charge on any atom is -0.496 e. The molecule has 1 unspecified atom stereocenters. The van der Waals surface area contributed by atoms with Gasteiger partial charge in [0, 0.05) is 24.2 Å². The topological polar surface area (TPSA) is 38.7 Å². The van der Waals surface area contributed by atoms with Crippen molar-refractivity contribution in [1.82, 2.24) is 0 Å². The van der Waals surface area contributed by atoms with E-state index in [1.807, 2.05) is 18.2 Å². The van der Waals surface area contributed by atoms with Gasteiger partial charge in [-0.25, -0.2) is 0 Å². The molecule has 1 aromatic rings. The van der Waals surface area contributed by atoms with E-state index in [2.05, 4.69) is 25.7 Å². The van der Waals surface area contributed by atoms with Crippen LogP contribution in [0.4, 0.5) is 0 Å². The van der Waals surface area contributed by atoms with Gasteiger partial charge in [0.05, 0.1) is 20.3 Å². The van der Waals surface area contributed by atoms with Gasteiger partial charge in [-0.15, -0.1) is 0 Å². The third kappa shape index (κ3) is 6.66. The lowest BCUT2D eigenvalue weighted by Gasteiger charge is -2.13. The predicted molar refractivity (Wildman–Crippen MR) is 85.3 cm³/mol. The van der Waals surface area contributed by atoms with E-state index in [0.717, 1.165) is 23.5 Å². The summed E-state index contributed by atoms with van der Waals surface area (Å²) in [6, 6.07) is 5.83. The molecular weight excluding hydrogens is 264 g/mol. The first-order chi connectivity index (χ1) is 10.2. The van der Waals surface area contributed by atoms with Crippen molar-refractivity contribution in [2.24, 2.45) is 5.92 Å². The van der Waals surface area contributed by atoms with Crippen LogP contribution in [0.5, 0.6) is 5.75 Å². The molecule has 1 rings (SSSR count). The summed E-state index contributed by atoms with van der Waals surface area (Å²) in [5.74, 6) is 7.36. The van der Waals surface area contributed by atoms with Gasteiger partial charge in [-0.1, -0.05) is 32.1 Å². The summed E-state index contributed by atoms with van der Waals surface area (Å²) in [6.45, 7) is 5.78. The van der Waals surface area contributed by atoms with E-state index in [-0.39, 0.29) is 6.61 Å². The number of methoxy groups -OCH3 is 1. The molecule has 0 radical (unpaired) electrons. The van der Waals surface area contributed by atoms with Crippen LogP contribution in [0.1, 0.15) is 44.2 Å². The maximum Gasteiger partial charge on any atom is 0.124 e. The van der Waals surface area contributed by atoms with Crippen molar-refractivity contribution in [2.45, 2.75) is 39.7 Å². The van der Waals surface area contributed by atoms with Crippen LogP contribution in [0.3, 0.4) is 0 Å². The standard InChI is InChI=1S/C18H26O3/c1-4-7-15(2)13-21-14-17-12-16(8-5-6-11-19)9-10-18(17)20-3/h9-10,12,15,19H,4,6-7,11,13-14H2,1-3H3. The Morgan fingerprint density at radius 1 is 1.33 bits per heavy atom. The van der Waals surface area contributed by atoms with E-state index in [4.69, 9.17) is 14.6 Å². The first kappa shape index (κ1) is 17.6. The summed E-state index contributed by atoms with van der Waals surface area (Å²) in [6.07, 6.45) is 2.86. The van der Waals surface area contributed by atoms with Crippen molar-refractivity contribution in [3.8, 4) is 17.6 Å². The van der Waals surface area contributed by atoms with Crippen molar-refractivity contribution in [2.75, 3.05) is 20.3 Å². The number of aliphatic hydroxyl groups excluding tert-OH is 1. The van der Waals surface area contributed by atoms with Gasteiger partial charge in [0.25, 0.3) is 0 Å². The number of rotatable bonds is 8. The van der Waals surface area contributed by atoms with Crippen LogP contribution in [-0.4, -0.2) is 25.4 Å². The van der Waals surface area contributed by atoms with Gasteiger partial charge in [0.2, 0.25) is 0 Å². The van der Waals surface area contributed by atoms with Crippen molar-refractivity contribution >= 4 is 0 Å². The molecule has 0 fully saturated rings. The Morgan fingerprint density at radius 3 is 2.81 bits per heavy atom. The van der Waals surface area contributed by atoms with E-state index in [9.17, 15) is 0 Å². The van der Waals surface area contributed by atoms with Crippen molar-refractivity contribution in [1.29, 1.82) is 0 Å². The number of hydrogen-bond donors (Lipinski definition) is 1. The smallest absolute Gasteiger partial charge is 0.124 e. The summed E-state index contributed by atoms with van der Waals surface area (Å²) < 4.78 is 11.2. The van der Waals surface area contributed by atoms with Crippen LogP contribution < -0.4 is 4.74 Å². The van der Waals surface area contributed by atoms with Gasteiger partial charge >= 0.3 is 0 Å². The highest BCUT2D eigenvalue weighted by Gasteiger charge is 2.06. The molecular formula is C18H26O3. The first-order valence-electron chi connectivity index (χ1n) is 7.55. The van der Waals surface area contributed by atoms with Crippen molar-refractivity contribution < 1.29 is 14.6 Å². The highest BCUT2D eigenvalue weighted by atomic mass is 16.5. The van der Waals surface area contributed by atoms with Gasteiger partial charge in [-0.05, 0) is 30.5 Å². The van der Waals surface area contributed by atoms with Crippen LogP contribution in [0.15, 0.2) is 18.2 Å². The van der Waals surface area contributed by atoms with Gasteiger partial charge in [-0.3, -0.25) is 0 Å². The average Bonchev–Trinajstić information content (AvgIpc) is 2.48. The van der Waals surface area contributed by atoms with Gasteiger partial charge in [0.1, 0.15) is 5.75 Å². The zero-order chi connectivity index (χ0) is 15.5. The summed E-state index contributed by atoms with van der Waals surface area (Å²) in [4.78, 5) is 0. The summed E-state index contributed by atoms with van der Waals surface area (Å²) in [7, 11) is 1.66. The lowest BCUT2D eigenvalue weighted by atomic mass is 10.1. The van der Waals surface area contributed by atoms with E-state index in [0.29, 0.717) is 18.9 Å². The van der Waals surface area contributed by atoms with Crippen LogP contribution in [-0.2, 0) is 11.3 Å². The van der Waals surface area contributed by atoms with Gasteiger partial charge in [0.15, 0.2) is 0 Å². The molecule has 0 heterocycles. The van der Waals surface area contributed by atoms with Crippen molar-refractivity contribution in [3.05, 3.63) is 29.3 Å². The quantitative estimate of drug-likeness (QED) is 0.746. The summed E-state index contributed by atoms with van der Waals surface area (Å²) >= 11 is 0. The Hall–Kier alpha value is -1.50. The molecule has 3 nitrogen and oxygen atoms in total. The third-order valence-corrected chi connectivity index (χ3v) is 3.19. The highest BCUT2D eigenvalue weighted by Crippen LogP contribution is 2.21. The van der Waals surface area contributed by atoms with Crippen LogP contribution in [0.2, 0.25) is 0 Å². The average molecular weight is 290 g/mol. The molecule has 0 saturated heterocycles. The molecule has 3 heteroatoms. The Kier molecular flexibility index (Phi) is 8.57. The molecule has 0 bridgehead atoms. The molecule has 0 aromatic heterocycles. The van der Waals surface area contributed by atoms with Crippen LogP contribution in [0.25, 0.3) is 0 Å². The summed E-state index contributed by atoms with van der Waals surface area (Å²) in [5, 5.41) is 8.75. The molecule has 0 aliphatic rings. The predicted octanol–water partition coefficient (Wildman–Crippen LogP) is 3.38. The monoisotopic (exact) mass is 290 g/mol. The second-order valence-corrected chi connectivity index (χ2v) is 5.21. The minimum atomic E-state index is 0.0917. The molecule has 116 valence electrons. The molecule has 0 aliphatic heterocycles. The fraction of sp³-hybridized carbons (Fsp3) is 0.556. The summed E-state index contributed by atoms with van der Waals surface area (Å²) in [5.41, 5.74) is 1.93. The molecule has 1 aromatic carbocycles. The number of ether oxygens (including phenoxy) is 2. The molecule has 0 spiro atoms. The molecule has 0 amide bonds. The Labute approximate surface area is 128 Å². The zero-order valence-corrected chi connectivity index (χ0v) is 13.3. The first-order valence-corrected chi connectivity index (χ1v) is 7.55. The Balaban J connectivity index is 2.66. The SMILES string of the molecule is CCCC(C)COCc1cc(C#CCCO)ccc1OC. The number of hydrogen-bond acceptors (Lipinski definition) is 3. The molecule has 1 N–H and O–H groups in total. The Bertz CT molecular complexity index is 471. The van der Waals surface area contributed by atoms with Gasteiger partial charge < -0.3 is 14.6 Å². The number of benzene rings is 1. The maximum atomic E-state index is 8.75. The number of aliphatic hydroxyl groups is 1. The van der Waals surface area contributed by atoms with E-state index < -0.39 is 0 Å². The molecule has 1 atom stereocenters. The van der Waals surface area contributed by atoms with Gasteiger partial charge in [-0.2, -0.15) is 0 Å². The van der Waals surface area contributed by atoms with Crippen LogP contribution in [0, 0.1) is 17.8 Å². The zero-order valence-electron chi connectivity index (χ0n) is 13.3. The van der Waals surface area contributed by atoms with E-state index >= 15 is 0 Å². The molecule has 21 heavy (non-hydrogen) atoms. The normalized spacial score (nSPS) is 11.6. The fourth-order valence-corrected chi connectivity index (χ4v) is 2.14. The van der Waals surface area contributed by atoms with E-state index in [1.54, 1.807) is 7.11 Å². The fourth-order valence-electron chi connectivity index (χ4n) is 2.14. The largest absolute Gasteiger partial charge is 0.496 e. The van der Waals surface area contributed by atoms with Crippen molar-refractivity contribution in [3.63, 3.8) is 0 Å². The maximum absolute atomic E-state index is 8.75. The van der Waals surface area contributed by atoms with E-state index in [1.165, 1.54) is 12.8 Å². The minimum absolute atomic E-state index is 0.0917. The van der Waals surface area contributed by atoms with Crippen LogP contribution >= 0.6 is 0 Å². The highest BCUT2D eigenvalue weighted by molar-refractivity contribution is 5.44. The molecule has 0 saturated carbocycles. The third-order valence-electron chi connectivity index (χ3n) is 3.19. The lowest BCUT2D eigenvalue weighted by molar-refractivity contribution is 0.0879.